The highest BCUT2D eigenvalue weighted by molar-refractivity contribution is 5.68. The van der Waals surface area contributed by atoms with Gasteiger partial charge in [-0.25, -0.2) is 4.79 Å². The summed E-state index contributed by atoms with van der Waals surface area (Å²) in [4.78, 5) is 13.2. The van der Waals surface area contributed by atoms with E-state index in [1.54, 1.807) is 0 Å². The molecule has 0 aliphatic carbocycles. The lowest BCUT2D eigenvalue weighted by Crippen LogP contribution is -2.38. The van der Waals surface area contributed by atoms with Crippen molar-refractivity contribution in [3.05, 3.63) is 0 Å². The second kappa shape index (κ2) is 4.81. The molecule has 5 nitrogen and oxygen atoms in total. The van der Waals surface area contributed by atoms with Crippen molar-refractivity contribution in [3.63, 3.8) is 0 Å². The number of hydrogen-bond acceptors (Lipinski definition) is 4. The Labute approximate surface area is 90.2 Å². The van der Waals surface area contributed by atoms with Crippen LogP contribution < -0.4 is 5.73 Å². The summed E-state index contributed by atoms with van der Waals surface area (Å²) in [6.07, 6.45) is 0.502. The van der Waals surface area contributed by atoms with Gasteiger partial charge in [0.05, 0.1) is 6.10 Å². The van der Waals surface area contributed by atoms with E-state index < -0.39 is 11.7 Å². The third-order valence-electron chi connectivity index (χ3n) is 2.53. The van der Waals surface area contributed by atoms with Crippen LogP contribution in [0.2, 0.25) is 0 Å². The zero-order chi connectivity index (χ0) is 11.5. The summed E-state index contributed by atoms with van der Waals surface area (Å²) < 4.78 is 5.31. The van der Waals surface area contributed by atoms with Crippen molar-refractivity contribution in [2.24, 2.45) is 5.73 Å². The molecule has 0 saturated carbocycles. The molecule has 1 aliphatic heterocycles. The fraction of sp³-hybridized carbons (Fsp3) is 0.900. The van der Waals surface area contributed by atoms with Crippen LogP contribution >= 0.6 is 0 Å². The normalized spacial score (nSPS) is 21.9. The number of ether oxygens (including phenoxy) is 1. The molecule has 3 N–H and O–H groups in total. The summed E-state index contributed by atoms with van der Waals surface area (Å²) in [6, 6.07) is 0. The Morgan fingerprint density at radius 3 is 2.80 bits per heavy atom. The number of rotatable bonds is 3. The van der Waals surface area contributed by atoms with Gasteiger partial charge >= 0.3 is 6.09 Å². The van der Waals surface area contributed by atoms with Crippen LogP contribution in [0.1, 0.15) is 26.7 Å². The van der Waals surface area contributed by atoms with Crippen LogP contribution in [-0.2, 0) is 4.74 Å². The van der Waals surface area contributed by atoms with Crippen LogP contribution in [-0.4, -0.2) is 47.4 Å². The lowest BCUT2D eigenvalue weighted by atomic mass is 10.1. The summed E-state index contributed by atoms with van der Waals surface area (Å²) in [5, 5.41) is 9.28. The predicted octanol–water partition coefficient (Wildman–Crippen LogP) is 0.317. The van der Waals surface area contributed by atoms with E-state index in [4.69, 9.17) is 10.5 Å². The van der Waals surface area contributed by atoms with Crippen molar-refractivity contribution < 1.29 is 14.6 Å². The van der Waals surface area contributed by atoms with Crippen LogP contribution in [0.25, 0.3) is 0 Å². The molecule has 5 heteroatoms. The highest BCUT2D eigenvalue weighted by Crippen LogP contribution is 2.17. The van der Waals surface area contributed by atoms with Crippen LogP contribution in [0.15, 0.2) is 0 Å². The van der Waals surface area contributed by atoms with Gasteiger partial charge in [-0.1, -0.05) is 0 Å². The maximum atomic E-state index is 11.6. The summed E-state index contributed by atoms with van der Waals surface area (Å²) in [5.41, 5.74) is 4.89. The molecule has 88 valence electrons. The molecule has 1 atom stereocenters. The Morgan fingerprint density at radius 2 is 2.33 bits per heavy atom. The quantitative estimate of drug-likeness (QED) is 0.712. The molecule has 1 unspecified atom stereocenters. The first-order chi connectivity index (χ1) is 6.94. The number of carbonyl (C=O) groups excluding carboxylic acids is 1. The van der Waals surface area contributed by atoms with Crippen molar-refractivity contribution in [1.29, 1.82) is 0 Å². The number of β-amino-alcohol motifs (C(OH)–C–C–N with tert-alkyl or cyclic N) is 1. The van der Waals surface area contributed by atoms with Crippen LogP contribution in [0.4, 0.5) is 4.79 Å². The summed E-state index contributed by atoms with van der Waals surface area (Å²) in [6.45, 7) is 5.10. The highest BCUT2D eigenvalue weighted by Gasteiger charge is 2.30. The second-order valence-electron chi connectivity index (χ2n) is 4.55. The van der Waals surface area contributed by atoms with Crippen molar-refractivity contribution in [2.75, 3.05) is 19.6 Å². The van der Waals surface area contributed by atoms with Gasteiger partial charge in [0.15, 0.2) is 0 Å². The Morgan fingerprint density at radius 1 is 1.67 bits per heavy atom. The Kier molecular flexibility index (Phi) is 3.93. The monoisotopic (exact) mass is 216 g/mol. The number of likely N-dealkylation sites (tertiary alicyclic amines) is 1. The smallest absolute Gasteiger partial charge is 0.410 e. The molecule has 0 radical (unpaired) electrons. The molecule has 1 aliphatic rings. The maximum absolute atomic E-state index is 11.6. The minimum atomic E-state index is -0.528. The second-order valence-corrected chi connectivity index (χ2v) is 4.55. The van der Waals surface area contributed by atoms with E-state index in [0.29, 0.717) is 32.5 Å². The summed E-state index contributed by atoms with van der Waals surface area (Å²) in [5.74, 6) is 0. The van der Waals surface area contributed by atoms with Crippen molar-refractivity contribution in [1.82, 2.24) is 4.90 Å². The zero-order valence-corrected chi connectivity index (χ0v) is 9.40. The molecule has 1 fully saturated rings. The molecule has 1 rings (SSSR count). The van der Waals surface area contributed by atoms with E-state index >= 15 is 0 Å². The minimum absolute atomic E-state index is 0.356. The maximum Gasteiger partial charge on any atom is 0.410 e. The average Bonchev–Trinajstić information content (AvgIpc) is 2.50. The van der Waals surface area contributed by atoms with Crippen molar-refractivity contribution in [3.8, 4) is 0 Å². The zero-order valence-electron chi connectivity index (χ0n) is 9.40. The van der Waals surface area contributed by atoms with E-state index in [1.165, 1.54) is 4.90 Å². The topological polar surface area (TPSA) is 75.8 Å². The Bertz CT molecular complexity index is 231. The van der Waals surface area contributed by atoms with Crippen LogP contribution in [0, 0.1) is 0 Å². The largest absolute Gasteiger partial charge is 0.443 e. The molecule has 1 saturated heterocycles. The fourth-order valence-corrected chi connectivity index (χ4v) is 1.61. The van der Waals surface area contributed by atoms with E-state index in [9.17, 15) is 9.90 Å². The number of hydrogen-bond donors (Lipinski definition) is 2. The van der Waals surface area contributed by atoms with Gasteiger partial charge in [-0.2, -0.15) is 0 Å². The molecular weight excluding hydrogens is 196 g/mol. The van der Waals surface area contributed by atoms with Gasteiger partial charge in [-0.15, -0.1) is 0 Å². The number of aliphatic hydroxyl groups is 1. The van der Waals surface area contributed by atoms with E-state index in [2.05, 4.69) is 0 Å². The molecule has 0 aromatic rings. The first-order valence-electron chi connectivity index (χ1n) is 5.30. The third-order valence-corrected chi connectivity index (χ3v) is 2.53. The summed E-state index contributed by atoms with van der Waals surface area (Å²) >= 11 is 0. The molecule has 1 heterocycles. The number of aliphatic hydroxyl groups excluding tert-OH is 1. The Hall–Kier alpha value is -0.810. The minimum Gasteiger partial charge on any atom is -0.443 e. The van der Waals surface area contributed by atoms with Gasteiger partial charge in [0.2, 0.25) is 0 Å². The number of nitrogens with two attached hydrogens (primary N) is 1. The average molecular weight is 216 g/mol. The van der Waals surface area contributed by atoms with Crippen LogP contribution in [0.3, 0.4) is 0 Å². The lowest BCUT2D eigenvalue weighted by molar-refractivity contribution is 0.0119. The van der Waals surface area contributed by atoms with Gasteiger partial charge < -0.3 is 20.5 Å². The van der Waals surface area contributed by atoms with Gasteiger partial charge in [-0.3, -0.25) is 0 Å². The van der Waals surface area contributed by atoms with E-state index in [0.717, 1.165) is 0 Å². The van der Waals surface area contributed by atoms with E-state index in [-0.39, 0.29) is 6.09 Å². The molecular formula is C10H20N2O3. The van der Waals surface area contributed by atoms with Gasteiger partial charge in [0, 0.05) is 13.1 Å². The molecule has 0 aromatic heterocycles. The van der Waals surface area contributed by atoms with Crippen molar-refractivity contribution in [2.45, 2.75) is 38.4 Å². The number of carbonyl (C=O) groups is 1. The molecule has 0 aromatic carbocycles. The number of nitrogens with zero attached hydrogens (tertiary/aromatic N) is 1. The first-order valence-corrected chi connectivity index (χ1v) is 5.30. The number of amides is 1. The van der Waals surface area contributed by atoms with Gasteiger partial charge in [-0.05, 0) is 33.2 Å². The fourth-order valence-electron chi connectivity index (χ4n) is 1.61. The SMILES string of the molecule is CC(C)(CCN)OC(=O)N1CCC(O)C1. The van der Waals surface area contributed by atoms with Gasteiger partial charge in [0.1, 0.15) is 5.60 Å². The third kappa shape index (κ3) is 3.68. The molecule has 0 spiro atoms. The molecule has 15 heavy (non-hydrogen) atoms. The standard InChI is InChI=1S/C10H20N2O3/c1-10(2,4-5-11)15-9(14)12-6-3-8(13)7-12/h8,13H,3-7,11H2,1-2H3. The molecule has 0 bridgehead atoms. The predicted molar refractivity (Wildman–Crippen MR) is 56.4 cm³/mol. The Balaban J connectivity index is 2.41. The molecule has 1 amide bonds. The van der Waals surface area contributed by atoms with Crippen molar-refractivity contribution >= 4 is 6.09 Å². The first kappa shape index (κ1) is 12.3. The summed E-state index contributed by atoms with van der Waals surface area (Å²) in [7, 11) is 0. The van der Waals surface area contributed by atoms with E-state index in [1.807, 2.05) is 13.8 Å². The van der Waals surface area contributed by atoms with Crippen LogP contribution in [0.5, 0.6) is 0 Å². The van der Waals surface area contributed by atoms with Gasteiger partial charge in [0.25, 0.3) is 0 Å². The lowest BCUT2D eigenvalue weighted by Gasteiger charge is -2.27. The highest BCUT2D eigenvalue weighted by atomic mass is 16.6.